The molecule has 0 spiro atoms. The zero-order valence-corrected chi connectivity index (χ0v) is 19.6. The third-order valence-corrected chi connectivity index (χ3v) is 7.06. The van der Waals surface area contributed by atoms with E-state index in [1.54, 1.807) is 49.4 Å². The van der Waals surface area contributed by atoms with Crippen LogP contribution in [0.4, 0.5) is 11.4 Å². The summed E-state index contributed by atoms with van der Waals surface area (Å²) >= 11 is 0. The number of ether oxygens (including phenoxy) is 3. The molecule has 34 heavy (non-hydrogen) atoms. The Bertz CT molecular complexity index is 1230. The Morgan fingerprint density at radius 3 is 2.38 bits per heavy atom. The molecule has 8 nitrogen and oxygen atoms in total. The van der Waals surface area contributed by atoms with E-state index in [0.29, 0.717) is 48.4 Å². The van der Waals surface area contributed by atoms with Gasteiger partial charge >= 0.3 is 0 Å². The van der Waals surface area contributed by atoms with E-state index in [4.69, 9.17) is 14.2 Å². The van der Waals surface area contributed by atoms with Crippen LogP contribution in [0, 0.1) is 0 Å². The Morgan fingerprint density at radius 1 is 0.971 bits per heavy atom. The summed E-state index contributed by atoms with van der Waals surface area (Å²) in [6, 6.07) is 20.1. The smallest absolute Gasteiger partial charge is 0.264 e. The van der Waals surface area contributed by atoms with E-state index >= 15 is 0 Å². The first-order valence-electron chi connectivity index (χ1n) is 11.0. The third kappa shape index (κ3) is 5.43. The standard InChI is InChI=1S/C25H26N2O6S/c1-2-27(20-7-4-3-5-8-20)34(29,30)22-12-10-21(11-13-22)33-18-25(28)26-19-9-14-23-24(17-19)32-16-6-15-31-23/h3-5,7-14,17H,2,6,15-16,18H2,1H3,(H,26,28). The number of rotatable bonds is 8. The minimum absolute atomic E-state index is 0.141. The van der Waals surface area contributed by atoms with Crippen molar-refractivity contribution in [3.8, 4) is 17.2 Å². The van der Waals surface area contributed by atoms with Crippen molar-refractivity contribution < 1.29 is 27.4 Å². The van der Waals surface area contributed by atoms with Gasteiger partial charge in [-0.2, -0.15) is 0 Å². The molecule has 4 rings (SSSR count). The van der Waals surface area contributed by atoms with Gasteiger partial charge in [0.15, 0.2) is 18.1 Å². The SMILES string of the molecule is CCN(c1ccccc1)S(=O)(=O)c1ccc(OCC(=O)Nc2ccc3c(c2)OCCCO3)cc1. The molecule has 0 saturated heterocycles. The highest BCUT2D eigenvalue weighted by Crippen LogP contribution is 2.32. The van der Waals surface area contributed by atoms with Crippen molar-refractivity contribution in [3.63, 3.8) is 0 Å². The third-order valence-electron chi connectivity index (χ3n) is 5.14. The molecule has 0 aromatic heterocycles. The second kappa shape index (κ2) is 10.5. The first-order valence-corrected chi connectivity index (χ1v) is 12.4. The fourth-order valence-corrected chi connectivity index (χ4v) is 4.98. The van der Waals surface area contributed by atoms with E-state index in [-0.39, 0.29) is 17.4 Å². The second-order valence-corrected chi connectivity index (χ2v) is 9.39. The van der Waals surface area contributed by atoms with Gasteiger partial charge in [0.1, 0.15) is 5.75 Å². The first kappa shape index (κ1) is 23.4. The highest BCUT2D eigenvalue weighted by Gasteiger charge is 2.23. The summed E-state index contributed by atoms with van der Waals surface area (Å²) in [7, 11) is -3.73. The van der Waals surface area contributed by atoms with Crippen LogP contribution in [0.15, 0.2) is 77.7 Å². The van der Waals surface area contributed by atoms with E-state index in [1.807, 2.05) is 6.07 Å². The van der Waals surface area contributed by atoms with Crippen molar-refractivity contribution in [3.05, 3.63) is 72.8 Å². The molecule has 3 aromatic carbocycles. The molecular formula is C25H26N2O6S. The summed E-state index contributed by atoms with van der Waals surface area (Å²) in [5.74, 6) is 1.27. The Morgan fingerprint density at radius 2 is 1.68 bits per heavy atom. The Balaban J connectivity index is 1.36. The molecule has 1 heterocycles. The summed E-state index contributed by atoms with van der Waals surface area (Å²) in [5, 5.41) is 2.76. The lowest BCUT2D eigenvalue weighted by molar-refractivity contribution is -0.118. The van der Waals surface area contributed by atoms with Gasteiger partial charge in [-0.25, -0.2) is 8.42 Å². The van der Waals surface area contributed by atoms with Crippen molar-refractivity contribution in [2.75, 3.05) is 36.0 Å². The number of fused-ring (bicyclic) bond motifs is 1. The second-order valence-electron chi connectivity index (χ2n) is 7.53. The highest BCUT2D eigenvalue weighted by molar-refractivity contribution is 7.92. The van der Waals surface area contributed by atoms with E-state index < -0.39 is 10.0 Å². The number of carbonyl (C=O) groups is 1. The van der Waals surface area contributed by atoms with Gasteiger partial charge in [0, 0.05) is 24.7 Å². The van der Waals surface area contributed by atoms with Gasteiger partial charge in [-0.3, -0.25) is 9.10 Å². The zero-order valence-electron chi connectivity index (χ0n) is 18.8. The van der Waals surface area contributed by atoms with Crippen LogP contribution >= 0.6 is 0 Å². The first-order chi connectivity index (χ1) is 16.5. The number of sulfonamides is 1. The van der Waals surface area contributed by atoms with Gasteiger partial charge in [0.05, 0.1) is 23.8 Å². The van der Waals surface area contributed by atoms with Crippen LogP contribution in [0.1, 0.15) is 13.3 Å². The number of anilines is 2. The monoisotopic (exact) mass is 482 g/mol. The zero-order chi connectivity index (χ0) is 24.0. The van der Waals surface area contributed by atoms with Crippen LogP contribution in [0.25, 0.3) is 0 Å². The number of benzene rings is 3. The molecule has 0 atom stereocenters. The maximum absolute atomic E-state index is 13.1. The van der Waals surface area contributed by atoms with Crippen LogP contribution < -0.4 is 23.8 Å². The Kier molecular flexibility index (Phi) is 7.22. The molecule has 9 heteroatoms. The summed E-state index contributed by atoms with van der Waals surface area (Å²) in [4.78, 5) is 12.5. The van der Waals surface area contributed by atoms with Crippen molar-refractivity contribution in [1.82, 2.24) is 0 Å². The normalized spacial score (nSPS) is 13.0. The average Bonchev–Trinajstić information content (AvgIpc) is 3.09. The van der Waals surface area contributed by atoms with Crippen molar-refractivity contribution >= 4 is 27.3 Å². The lowest BCUT2D eigenvalue weighted by Crippen LogP contribution is -2.30. The minimum atomic E-state index is -3.73. The molecule has 0 unspecified atom stereocenters. The number of hydrogen-bond donors (Lipinski definition) is 1. The van der Waals surface area contributed by atoms with Gasteiger partial charge in [0.2, 0.25) is 0 Å². The maximum atomic E-state index is 13.1. The van der Waals surface area contributed by atoms with E-state index in [1.165, 1.54) is 28.6 Å². The lowest BCUT2D eigenvalue weighted by atomic mass is 10.2. The molecule has 1 amide bonds. The van der Waals surface area contributed by atoms with Crippen molar-refractivity contribution in [2.24, 2.45) is 0 Å². The van der Waals surface area contributed by atoms with Crippen molar-refractivity contribution in [1.29, 1.82) is 0 Å². The maximum Gasteiger partial charge on any atom is 0.264 e. The number of nitrogens with zero attached hydrogens (tertiary/aromatic N) is 1. The van der Waals surface area contributed by atoms with Gasteiger partial charge in [-0.1, -0.05) is 18.2 Å². The predicted octanol–water partition coefficient (Wildman–Crippen LogP) is 4.08. The van der Waals surface area contributed by atoms with Crippen molar-refractivity contribution in [2.45, 2.75) is 18.2 Å². The molecular weight excluding hydrogens is 456 g/mol. The average molecular weight is 483 g/mol. The molecule has 1 aliphatic heterocycles. The van der Waals surface area contributed by atoms with Gasteiger partial charge in [-0.15, -0.1) is 0 Å². The molecule has 0 radical (unpaired) electrons. The van der Waals surface area contributed by atoms with Gasteiger partial charge in [0.25, 0.3) is 15.9 Å². The number of para-hydroxylation sites is 1. The number of hydrogen-bond acceptors (Lipinski definition) is 6. The highest BCUT2D eigenvalue weighted by atomic mass is 32.2. The lowest BCUT2D eigenvalue weighted by Gasteiger charge is -2.23. The molecule has 1 N–H and O–H groups in total. The summed E-state index contributed by atoms with van der Waals surface area (Å²) < 4.78 is 44.2. The number of amides is 1. The molecule has 0 aliphatic carbocycles. The fraction of sp³-hybridized carbons (Fsp3) is 0.240. The minimum Gasteiger partial charge on any atom is -0.490 e. The Labute approximate surface area is 199 Å². The van der Waals surface area contributed by atoms with E-state index in [2.05, 4.69) is 5.32 Å². The fourth-order valence-electron chi connectivity index (χ4n) is 3.51. The Hall–Kier alpha value is -3.72. The van der Waals surface area contributed by atoms with Crippen LogP contribution in [0.5, 0.6) is 17.2 Å². The molecule has 1 aliphatic rings. The molecule has 3 aromatic rings. The molecule has 0 saturated carbocycles. The van der Waals surface area contributed by atoms with Crippen LogP contribution in [-0.2, 0) is 14.8 Å². The molecule has 0 bridgehead atoms. The summed E-state index contributed by atoms with van der Waals surface area (Å²) in [5.41, 5.74) is 1.16. The summed E-state index contributed by atoms with van der Waals surface area (Å²) in [6.07, 6.45) is 0.799. The van der Waals surface area contributed by atoms with Gasteiger partial charge in [-0.05, 0) is 55.5 Å². The van der Waals surface area contributed by atoms with Crippen LogP contribution in [0.2, 0.25) is 0 Å². The molecule has 178 valence electrons. The van der Waals surface area contributed by atoms with Crippen LogP contribution in [0.3, 0.4) is 0 Å². The summed E-state index contributed by atoms with van der Waals surface area (Å²) in [6.45, 7) is 3.00. The number of nitrogens with one attached hydrogen (secondary N) is 1. The van der Waals surface area contributed by atoms with E-state index in [0.717, 1.165) is 6.42 Å². The number of carbonyl (C=O) groups excluding carboxylic acids is 1. The topological polar surface area (TPSA) is 94.2 Å². The van der Waals surface area contributed by atoms with Gasteiger partial charge < -0.3 is 19.5 Å². The predicted molar refractivity (Wildman–Crippen MR) is 129 cm³/mol. The molecule has 0 fully saturated rings. The largest absolute Gasteiger partial charge is 0.490 e. The quantitative estimate of drug-likeness (QED) is 0.520. The van der Waals surface area contributed by atoms with Crippen LogP contribution in [-0.4, -0.2) is 40.7 Å². The van der Waals surface area contributed by atoms with E-state index in [9.17, 15) is 13.2 Å².